The molecule has 0 saturated heterocycles. The second-order valence-corrected chi connectivity index (χ2v) is 6.22. The van der Waals surface area contributed by atoms with Crippen LogP contribution in [0.2, 0.25) is 0 Å². The van der Waals surface area contributed by atoms with Crippen LogP contribution in [0.5, 0.6) is 0 Å². The minimum atomic E-state index is -3.44. The zero-order chi connectivity index (χ0) is 11.8. The van der Waals surface area contributed by atoms with Crippen molar-refractivity contribution >= 4 is 31.4 Å². The molecule has 0 unspecified atom stereocenters. The Labute approximate surface area is 98.1 Å². The molecule has 0 saturated carbocycles. The molecule has 3 N–H and O–H groups in total. The third-order valence-electron chi connectivity index (χ3n) is 2.34. The number of hydrogen-bond acceptors (Lipinski definition) is 4. The van der Waals surface area contributed by atoms with Crippen LogP contribution in [0.4, 0.5) is 0 Å². The molecule has 0 aliphatic heterocycles. The minimum absolute atomic E-state index is 0.232. The van der Waals surface area contributed by atoms with Crippen LogP contribution in [0.3, 0.4) is 0 Å². The molecule has 0 amide bonds. The Morgan fingerprint density at radius 2 is 2.06 bits per heavy atom. The maximum Gasteiger partial charge on any atom is 0.242 e. The second kappa shape index (κ2) is 4.14. The number of fused-ring (bicyclic) bond motifs is 1. The molecule has 0 atom stereocenters. The first-order valence-corrected chi connectivity index (χ1v) is 7.04. The van der Waals surface area contributed by atoms with E-state index in [1.54, 1.807) is 6.07 Å². The molecular weight excluding hydrogens is 244 g/mol. The molecule has 0 fully saturated rings. The first-order valence-electron chi connectivity index (χ1n) is 4.74. The Hall–Kier alpha value is -0.950. The quantitative estimate of drug-likeness (QED) is 0.868. The second-order valence-electron chi connectivity index (χ2n) is 3.26. The largest absolute Gasteiger partial charge is 0.326 e. The Morgan fingerprint density at radius 3 is 2.69 bits per heavy atom. The SMILES string of the molecule is CNS(=O)(=O)c1c(CN)sc2ccccc12. The van der Waals surface area contributed by atoms with Crippen molar-refractivity contribution in [2.45, 2.75) is 11.4 Å². The van der Waals surface area contributed by atoms with Gasteiger partial charge in [-0.15, -0.1) is 11.3 Å². The van der Waals surface area contributed by atoms with E-state index in [4.69, 9.17) is 5.73 Å². The highest BCUT2D eigenvalue weighted by Gasteiger charge is 2.21. The summed E-state index contributed by atoms with van der Waals surface area (Å²) < 4.78 is 27.1. The van der Waals surface area contributed by atoms with E-state index in [0.717, 1.165) is 10.1 Å². The molecule has 0 aliphatic carbocycles. The van der Waals surface area contributed by atoms with Crippen LogP contribution in [0.25, 0.3) is 10.1 Å². The summed E-state index contributed by atoms with van der Waals surface area (Å²) in [6.45, 7) is 0.232. The third kappa shape index (κ3) is 1.73. The molecule has 1 aromatic carbocycles. The highest BCUT2D eigenvalue weighted by Crippen LogP contribution is 2.33. The fourth-order valence-electron chi connectivity index (χ4n) is 1.60. The van der Waals surface area contributed by atoms with Crippen LogP contribution in [0.15, 0.2) is 29.2 Å². The summed E-state index contributed by atoms with van der Waals surface area (Å²) in [6.07, 6.45) is 0. The number of benzene rings is 1. The van der Waals surface area contributed by atoms with Crippen molar-refractivity contribution in [1.82, 2.24) is 4.72 Å². The van der Waals surface area contributed by atoms with Gasteiger partial charge in [0.15, 0.2) is 0 Å². The van der Waals surface area contributed by atoms with Gasteiger partial charge in [-0.25, -0.2) is 13.1 Å². The fraction of sp³-hybridized carbons (Fsp3) is 0.200. The summed E-state index contributed by atoms with van der Waals surface area (Å²) >= 11 is 1.42. The summed E-state index contributed by atoms with van der Waals surface area (Å²) in [7, 11) is -2.04. The lowest BCUT2D eigenvalue weighted by atomic mass is 10.2. The summed E-state index contributed by atoms with van der Waals surface area (Å²) in [4.78, 5) is 1.01. The fourth-order valence-corrected chi connectivity index (χ4v) is 4.16. The lowest BCUT2D eigenvalue weighted by molar-refractivity contribution is 0.588. The molecule has 2 rings (SSSR count). The van der Waals surface area contributed by atoms with Crippen molar-refractivity contribution in [3.05, 3.63) is 29.1 Å². The first-order chi connectivity index (χ1) is 7.60. The van der Waals surface area contributed by atoms with E-state index in [2.05, 4.69) is 4.72 Å². The van der Waals surface area contributed by atoms with Crippen LogP contribution >= 0.6 is 11.3 Å². The van der Waals surface area contributed by atoms with Gasteiger partial charge in [0.05, 0.1) is 0 Å². The maximum atomic E-state index is 11.9. The number of hydrogen-bond donors (Lipinski definition) is 2. The molecule has 0 radical (unpaired) electrons. The Morgan fingerprint density at radius 1 is 1.38 bits per heavy atom. The van der Waals surface area contributed by atoms with E-state index in [-0.39, 0.29) is 6.54 Å². The van der Waals surface area contributed by atoms with Gasteiger partial charge in [0.25, 0.3) is 0 Å². The molecule has 86 valence electrons. The predicted octanol–water partition coefficient (Wildman–Crippen LogP) is 1.27. The smallest absolute Gasteiger partial charge is 0.242 e. The highest BCUT2D eigenvalue weighted by atomic mass is 32.2. The van der Waals surface area contributed by atoms with E-state index < -0.39 is 10.0 Å². The van der Waals surface area contributed by atoms with Gasteiger partial charge in [-0.1, -0.05) is 18.2 Å². The van der Waals surface area contributed by atoms with Crippen molar-refractivity contribution < 1.29 is 8.42 Å². The van der Waals surface area contributed by atoms with Gasteiger partial charge in [0, 0.05) is 21.5 Å². The summed E-state index contributed by atoms with van der Waals surface area (Å²) in [5, 5.41) is 0.738. The van der Waals surface area contributed by atoms with Gasteiger partial charge in [-0.2, -0.15) is 0 Å². The first kappa shape index (κ1) is 11.5. The summed E-state index contributed by atoms with van der Waals surface area (Å²) in [5.41, 5.74) is 5.58. The van der Waals surface area contributed by atoms with Crippen LogP contribution in [-0.2, 0) is 16.6 Å². The third-order valence-corrected chi connectivity index (χ3v) is 5.20. The van der Waals surface area contributed by atoms with Crippen molar-refractivity contribution in [2.75, 3.05) is 7.05 Å². The molecule has 4 nitrogen and oxygen atoms in total. The normalized spacial score (nSPS) is 12.1. The zero-order valence-corrected chi connectivity index (χ0v) is 10.4. The molecule has 0 aliphatic rings. The molecule has 0 bridgehead atoms. The van der Waals surface area contributed by atoms with Crippen molar-refractivity contribution in [3.8, 4) is 0 Å². The maximum absolute atomic E-state index is 11.9. The van der Waals surface area contributed by atoms with Gasteiger partial charge in [0.1, 0.15) is 4.90 Å². The van der Waals surface area contributed by atoms with Crippen LogP contribution in [0.1, 0.15) is 4.88 Å². The number of thiophene rings is 1. The van der Waals surface area contributed by atoms with Gasteiger partial charge in [-0.05, 0) is 13.1 Å². The Bertz CT molecular complexity index is 617. The van der Waals surface area contributed by atoms with Gasteiger partial charge in [0.2, 0.25) is 10.0 Å². The number of rotatable bonds is 3. The van der Waals surface area contributed by atoms with Crippen molar-refractivity contribution in [3.63, 3.8) is 0 Å². The number of sulfonamides is 1. The summed E-state index contributed by atoms with van der Waals surface area (Å²) in [5.74, 6) is 0. The van der Waals surface area contributed by atoms with Crippen molar-refractivity contribution in [1.29, 1.82) is 0 Å². The zero-order valence-electron chi connectivity index (χ0n) is 8.73. The van der Waals surface area contributed by atoms with Crippen LogP contribution in [-0.4, -0.2) is 15.5 Å². The van der Waals surface area contributed by atoms with Crippen molar-refractivity contribution in [2.24, 2.45) is 5.73 Å². The highest BCUT2D eigenvalue weighted by molar-refractivity contribution is 7.90. The standard InChI is InChI=1S/C10H12N2O2S2/c1-12-16(13,14)10-7-4-2-3-5-8(7)15-9(10)6-11/h2-5,12H,6,11H2,1H3. The molecule has 1 aromatic heterocycles. The van der Waals surface area contributed by atoms with E-state index in [9.17, 15) is 8.42 Å². The molecule has 6 heteroatoms. The van der Waals surface area contributed by atoms with E-state index in [1.807, 2.05) is 18.2 Å². The molecule has 16 heavy (non-hydrogen) atoms. The lowest BCUT2D eigenvalue weighted by Gasteiger charge is -2.03. The minimum Gasteiger partial charge on any atom is -0.326 e. The monoisotopic (exact) mass is 256 g/mol. The van der Waals surface area contributed by atoms with E-state index in [0.29, 0.717) is 9.77 Å². The van der Waals surface area contributed by atoms with Gasteiger partial charge >= 0.3 is 0 Å². The molecule has 0 spiro atoms. The van der Waals surface area contributed by atoms with Crippen LogP contribution in [0, 0.1) is 0 Å². The molecule has 2 aromatic rings. The van der Waals surface area contributed by atoms with Crippen LogP contribution < -0.4 is 10.5 Å². The number of nitrogens with two attached hydrogens (primary N) is 1. The molecular formula is C10H12N2O2S2. The van der Waals surface area contributed by atoms with E-state index in [1.165, 1.54) is 18.4 Å². The van der Waals surface area contributed by atoms with E-state index >= 15 is 0 Å². The predicted molar refractivity (Wildman–Crippen MR) is 66.0 cm³/mol. The summed E-state index contributed by atoms with van der Waals surface area (Å²) in [6, 6.07) is 7.40. The molecule has 1 heterocycles. The average Bonchev–Trinajstić information content (AvgIpc) is 2.67. The Kier molecular flexibility index (Phi) is 2.98. The van der Waals surface area contributed by atoms with Gasteiger partial charge in [-0.3, -0.25) is 0 Å². The van der Waals surface area contributed by atoms with Gasteiger partial charge < -0.3 is 5.73 Å². The topological polar surface area (TPSA) is 72.2 Å². The number of nitrogens with one attached hydrogen (secondary N) is 1. The lowest BCUT2D eigenvalue weighted by Crippen LogP contribution is -2.20. The average molecular weight is 256 g/mol. The Balaban J connectivity index is 2.85.